The maximum atomic E-state index is 12.7. The molecule has 5 aromatic rings. The number of para-hydroxylation sites is 1. The summed E-state index contributed by atoms with van der Waals surface area (Å²) in [7, 11) is 0. The van der Waals surface area contributed by atoms with Crippen LogP contribution in [0.3, 0.4) is 0 Å². The standard InChI is InChI=1S/C21H18N6OS/c28-19(12-18(15-7-10-29-13-15)27-8-3-4-9-27)23-21-24-20(25-26-21)17-11-14-5-1-2-6-16(14)22-17/h1-11,13,18,22H,12H2,(H2,23,24,25,26,28)/t18-/m1/s1. The Bertz CT molecular complexity index is 1170. The molecule has 0 radical (unpaired) electrons. The third kappa shape index (κ3) is 3.57. The Balaban J connectivity index is 1.32. The third-order valence-electron chi connectivity index (χ3n) is 4.82. The van der Waals surface area contributed by atoms with Gasteiger partial charge in [0.1, 0.15) is 0 Å². The van der Waals surface area contributed by atoms with Crippen molar-refractivity contribution in [3.05, 3.63) is 77.2 Å². The molecule has 0 aliphatic rings. The number of hydrogen-bond acceptors (Lipinski definition) is 4. The van der Waals surface area contributed by atoms with E-state index in [1.165, 1.54) is 0 Å². The molecule has 1 amide bonds. The van der Waals surface area contributed by atoms with E-state index in [9.17, 15) is 4.79 Å². The molecule has 0 spiro atoms. The maximum absolute atomic E-state index is 12.7. The van der Waals surface area contributed by atoms with Gasteiger partial charge in [0.25, 0.3) is 0 Å². The topological polar surface area (TPSA) is 91.4 Å². The molecule has 4 aromatic heterocycles. The largest absolute Gasteiger partial charge is 0.352 e. The first-order valence-electron chi connectivity index (χ1n) is 9.21. The number of benzene rings is 1. The molecule has 0 unspecified atom stereocenters. The minimum absolute atomic E-state index is 0.0663. The van der Waals surface area contributed by atoms with Crippen LogP contribution >= 0.6 is 11.3 Å². The lowest BCUT2D eigenvalue weighted by Gasteiger charge is -2.17. The quantitative estimate of drug-likeness (QED) is 0.392. The van der Waals surface area contributed by atoms with E-state index in [0.717, 1.165) is 22.2 Å². The van der Waals surface area contributed by atoms with Gasteiger partial charge in [-0.15, -0.1) is 5.10 Å². The number of aromatic nitrogens is 5. The van der Waals surface area contributed by atoms with Crippen molar-refractivity contribution in [3.63, 3.8) is 0 Å². The van der Waals surface area contributed by atoms with Gasteiger partial charge in [0.15, 0.2) is 5.82 Å². The van der Waals surface area contributed by atoms with E-state index in [4.69, 9.17) is 0 Å². The van der Waals surface area contributed by atoms with E-state index in [-0.39, 0.29) is 17.9 Å². The van der Waals surface area contributed by atoms with Gasteiger partial charge in [0.05, 0.1) is 18.2 Å². The van der Waals surface area contributed by atoms with E-state index in [1.54, 1.807) is 11.3 Å². The molecule has 3 N–H and O–H groups in total. The minimum Gasteiger partial charge on any atom is -0.352 e. The predicted molar refractivity (Wildman–Crippen MR) is 114 cm³/mol. The highest BCUT2D eigenvalue weighted by Crippen LogP contribution is 2.25. The molecule has 29 heavy (non-hydrogen) atoms. The highest BCUT2D eigenvalue weighted by atomic mass is 32.1. The second-order valence-electron chi connectivity index (χ2n) is 6.73. The summed E-state index contributed by atoms with van der Waals surface area (Å²) in [4.78, 5) is 20.4. The average Bonchev–Trinajstić information content (AvgIpc) is 3.53. The predicted octanol–water partition coefficient (Wildman–Crippen LogP) is 4.43. The minimum atomic E-state index is -0.142. The van der Waals surface area contributed by atoms with Crippen LogP contribution in [0.2, 0.25) is 0 Å². The van der Waals surface area contributed by atoms with Crippen molar-refractivity contribution in [2.45, 2.75) is 12.5 Å². The number of rotatable bonds is 6. The Morgan fingerprint density at radius 2 is 2.03 bits per heavy atom. The Morgan fingerprint density at radius 1 is 1.17 bits per heavy atom. The Hall–Kier alpha value is -3.65. The van der Waals surface area contributed by atoms with E-state index in [0.29, 0.717) is 12.2 Å². The smallest absolute Gasteiger partial charge is 0.249 e. The molecule has 0 bridgehead atoms. The van der Waals surface area contributed by atoms with Gasteiger partial charge < -0.3 is 9.55 Å². The molecule has 0 fully saturated rings. The van der Waals surface area contributed by atoms with Crippen LogP contribution < -0.4 is 5.32 Å². The number of amides is 1. The Labute approximate surface area is 170 Å². The van der Waals surface area contributed by atoms with Crippen LogP contribution in [-0.2, 0) is 4.79 Å². The summed E-state index contributed by atoms with van der Waals surface area (Å²) in [6.45, 7) is 0. The Morgan fingerprint density at radius 3 is 2.83 bits per heavy atom. The molecule has 0 saturated heterocycles. The lowest BCUT2D eigenvalue weighted by atomic mass is 10.1. The third-order valence-corrected chi connectivity index (χ3v) is 5.52. The molecule has 7 nitrogen and oxygen atoms in total. The van der Waals surface area contributed by atoms with E-state index >= 15 is 0 Å². The average molecular weight is 402 g/mol. The van der Waals surface area contributed by atoms with Gasteiger partial charge in [0, 0.05) is 23.3 Å². The molecule has 8 heteroatoms. The van der Waals surface area contributed by atoms with Crippen molar-refractivity contribution < 1.29 is 4.79 Å². The van der Waals surface area contributed by atoms with Gasteiger partial charge in [-0.3, -0.25) is 15.2 Å². The van der Waals surface area contributed by atoms with Crippen LogP contribution in [0.4, 0.5) is 5.95 Å². The van der Waals surface area contributed by atoms with Crippen molar-refractivity contribution in [2.75, 3.05) is 5.32 Å². The number of nitrogens with one attached hydrogen (secondary N) is 3. The molecular weight excluding hydrogens is 384 g/mol. The summed E-state index contributed by atoms with van der Waals surface area (Å²) < 4.78 is 2.04. The summed E-state index contributed by atoms with van der Waals surface area (Å²) in [5, 5.41) is 15.0. The summed E-state index contributed by atoms with van der Waals surface area (Å²) in [5.74, 6) is 0.702. The maximum Gasteiger partial charge on any atom is 0.249 e. The molecule has 0 aliphatic carbocycles. The summed E-state index contributed by atoms with van der Waals surface area (Å²) >= 11 is 1.62. The number of anilines is 1. The lowest BCUT2D eigenvalue weighted by Crippen LogP contribution is -2.19. The number of aromatic amines is 2. The number of nitrogens with zero attached hydrogens (tertiary/aromatic N) is 3. The fraction of sp³-hybridized carbons (Fsp3) is 0.0952. The van der Waals surface area contributed by atoms with Gasteiger partial charge in [-0.25, -0.2) is 0 Å². The monoisotopic (exact) mass is 402 g/mol. The van der Waals surface area contributed by atoms with Crippen molar-refractivity contribution in [1.82, 2.24) is 24.7 Å². The van der Waals surface area contributed by atoms with Crippen molar-refractivity contribution in [1.29, 1.82) is 0 Å². The Kier molecular flexibility index (Phi) is 4.45. The zero-order valence-corrected chi connectivity index (χ0v) is 16.2. The van der Waals surface area contributed by atoms with Crippen molar-refractivity contribution in [3.8, 4) is 11.5 Å². The molecular formula is C21H18N6OS. The first kappa shape index (κ1) is 17.4. The van der Waals surface area contributed by atoms with E-state index < -0.39 is 0 Å². The first-order chi connectivity index (χ1) is 14.3. The summed E-state index contributed by atoms with van der Waals surface area (Å²) in [6.07, 6.45) is 4.23. The highest BCUT2D eigenvalue weighted by Gasteiger charge is 2.19. The summed E-state index contributed by atoms with van der Waals surface area (Å²) in [5.41, 5.74) is 2.95. The van der Waals surface area contributed by atoms with E-state index in [2.05, 4.69) is 30.9 Å². The van der Waals surface area contributed by atoms with Crippen LogP contribution in [0.15, 0.2) is 71.7 Å². The SMILES string of the molecule is O=C(C[C@H](c1ccsc1)n1cccc1)Nc1n[nH]c(-c2cc3ccccc3[nH]2)n1. The number of carbonyl (C=O) groups excluding carboxylic acids is 1. The molecule has 4 heterocycles. The number of hydrogen-bond donors (Lipinski definition) is 3. The zero-order valence-electron chi connectivity index (χ0n) is 15.4. The molecule has 0 saturated carbocycles. The van der Waals surface area contributed by atoms with Crippen molar-refractivity contribution >= 4 is 34.1 Å². The summed E-state index contributed by atoms with van der Waals surface area (Å²) in [6, 6.07) is 15.9. The number of carbonyl (C=O) groups is 1. The van der Waals surface area contributed by atoms with Gasteiger partial charge >= 0.3 is 0 Å². The van der Waals surface area contributed by atoms with Crippen LogP contribution in [-0.4, -0.2) is 30.6 Å². The number of fused-ring (bicyclic) bond motifs is 1. The van der Waals surface area contributed by atoms with Gasteiger partial charge in [0.2, 0.25) is 11.9 Å². The normalized spacial score (nSPS) is 12.3. The van der Waals surface area contributed by atoms with Gasteiger partial charge in [-0.1, -0.05) is 18.2 Å². The zero-order chi connectivity index (χ0) is 19.6. The fourth-order valence-corrected chi connectivity index (χ4v) is 4.11. The van der Waals surface area contributed by atoms with Gasteiger partial charge in [-0.2, -0.15) is 16.3 Å². The number of thiophene rings is 1. The van der Waals surface area contributed by atoms with Crippen LogP contribution in [0.25, 0.3) is 22.4 Å². The lowest BCUT2D eigenvalue weighted by molar-refractivity contribution is -0.116. The fourth-order valence-electron chi connectivity index (χ4n) is 3.41. The first-order valence-corrected chi connectivity index (χ1v) is 10.2. The molecule has 5 rings (SSSR count). The highest BCUT2D eigenvalue weighted by molar-refractivity contribution is 7.08. The van der Waals surface area contributed by atoms with Crippen LogP contribution in [0.1, 0.15) is 18.0 Å². The molecule has 0 aliphatic heterocycles. The number of H-pyrrole nitrogens is 2. The second kappa shape index (κ2) is 7.40. The van der Waals surface area contributed by atoms with Gasteiger partial charge in [-0.05, 0) is 46.7 Å². The van der Waals surface area contributed by atoms with Crippen LogP contribution in [0.5, 0.6) is 0 Å². The van der Waals surface area contributed by atoms with Crippen molar-refractivity contribution in [2.24, 2.45) is 0 Å². The van der Waals surface area contributed by atoms with Crippen LogP contribution in [0, 0.1) is 0 Å². The second-order valence-corrected chi connectivity index (χ2v) is 7.51. The molecule has 144 valence electrons. The van der Waals surface area contributed by atoms with E-state index in [1.807, 2.05) is 70.9 Å². The molecule has 1 aromatic carbocycles. The molecule has 1 atom stereocenters.